The van der Waals surface area contributed by atoms with Crippen molar-refractivity contribution in [2.75, 3.05) is 17.6 Å². The highest BCUT2D eigenvalue weighted by Crippen LogP contribution is 2.46. The number of nitrogen functional groups attached to an aromatic ring is 1. The van der Waals surface area contributed by atoms with Gasteiger partial charge in [-0.05, 0) is 43.0 Å². The molecule has 0 radical (unpaired) electrons. The summed E-state index contributed by atoms with van der Waals surface area (Å²) in [6.45, 7) is 4.37. The maximum absolute atomic E-state index is 13.4. The number of carbonyl (C=O) groups excluding carboxylic acids is 2. The van der Waals surface area contributed by atoms with E-state index < -0.39 is 11.7 Å². The standard InChI is InChI=1S/C26H23FN8O2/c1-2-21(36)34-12-14-9-18(34)19(10-14)35-25-22(24(28)30-13-31-25)23(33-35)15-3-5-16(6-4-15)26(37)32-20-11-17(27)7-8-29-20/h2-8,11,13-14,18-19H,1,9-10,12H2,(H2,28,30,31)(H,29,32,37)/t14-,18+,19+/m1/s1. The lowest BCUT2D eigenvalue weighted by Crippen LogP contribution is -2.42. The lowest BCUT2D eigenvalue weighted by molar-refractivity contribution is -0.128. The molecule has 1 aromatic carbocycles. The number of halogens is 1. The Bertz CT molecular complexity index is 1550. The molecule has 1 saturated heterocycles. The second-order valence-corrected chi connectivity index (χ2v) is 9.31. The number of piperidine rings is 1. The topological polar surface area (TPSA) is 132 Å². The molecule has 186 valence electrons. The van der Waals surface area contributed by atoms with Gasteiger partial charge in [-0.1, -0.05) is 18.7 Å². The van der Waals surface area contributed by atoms with Crippen LogP contribution in [0.5, 0.6) is 0 Å². The summed E-state index contributed by atoms with van der Waals surface area (Å²) < 4.78 is 15.3. The van der Waals surface area contributed by atoms with Crippen LogP contribution in [0.1, 0.15) is 29.2 Å². The minimum Gasteiger partial charge on any atom is -0.383 e. The quantitative estimate of drug-likeness (QED) is 0.404. The number of nitrogens with one attached hydrogen (secondary N) is 1. The Balaban J connectivity index is 1.34. The van der Waals surface area contributed by atoms with Crippen LogP contribution in [0.25, 0.3) is 22.3 Å². The molecular weight excluding hydrogens is 475 g/mol. The van der Waals surface area contributed by atoms with Gasteiger partial charge in [0, 0.05) is 29.9 Å². The molecule has 37 heavy (non-hydrogen) atoms. The van der Waals surface area contributed by atoms with Crippen LogP contribution < -0.4 is 11.1 Å². The summed E-state index contributed by atoms with van der Waals surface area (Å²) in [4.78, 5) is 39.5. The van der Waals surface area contributed by atoms with E-state index in [1.807, 2.05) is 9.58 Å². The van der Waals surface area contributed by atoms with Crippen LogP contribution in [-0.4, -0.2) is 54.0 Å². The summed E-state index contributed by atoms with van der Waals surface area (Å²) in [6, 6.07) is 9.14. The van der Waals surface area contributed by atoms with Gasteiger partial charge in [-0.25, -0.2) is 24.0 Å². The molecule has 2 bridgehead atoms. The molecule has 0 unspecified atom stereocenters. The first kappa shape index (κ1) is 22.8. The first-order chi connectivity index (χ1) is 17.9. The number of hydrogen-bond acceptors (Lipinski definition) is 7. The van der Waals surface area contributed by atoms with Crippen LogP contribution in [0.2, 0.25) is 0 Å². The summed E-state index contributed by atoms with van der Waals surface area (Å²) in [6.07, 6.45) is 5.84. The number of benzene rings is 1. The van der Waals surface area contributed by atoms with E-state index in [1.165, 1.54) is 24.7 Å². The van der Waals surface area contributed by atoms with Crippen molar-refractivity contribution in [2.45, 2.75) is 24.9 Å². The van der Waals surface area contributed by atoms with E-state index in [1.54, 1.807) is 24.3 Å². The van der Waals surface area contributed by atoms with Crippen LogP contribution in [0, 0.1) is 11.7 Å². The molecule has 3 aromatic heterocycles. The fourth-order valence-electron chi connectivity index (χ4n) is 5.49. The number of rotatable bonds is 5. The monoisotopic (exact) mass is 498 g/mol. The van der Waals surface area contributed by atoms with Crippen molar-refractivity contribution >= 4 is 34.5 Å². The molecule has 1 aliphatic carbocycles. The highest BCUT2D eigenvalue weighted by molar-refractivity contribution is 6.04. The van der Waals surface area contributed by atoms with E-state index in [0.717, 1.165) is 31.0 Å². The molecule has 1 saturated carbocycles. The molecule has 2 aliphatic rings. The number of nitrogens with zero attached hydrogens (tertiary/aromatic N) is 6. The highest BCUT2D eigenvalue weighted by atomic mass is 19.1. The number of carbonyl (C=O) groups is 2. The largest absolute Gasteiger partial charge is 0.383 e. The van der Waals surface area contributed by atoms with E-state index in [0.29, 0.717) is 34.0 Å². The maximum atomic E-state index is 13.4. The number of hydrogen-bond donors (Lipinski definition) is 2. The number of pyridine rings is 1. The van der Waals surface area contributed by atoms with Crippen molar-refractivity contribution in [3.63, 3.8) is 0 Å². The third-order valence-electron chi connectivity index (χ3n) is 7.12. The third-order valence-corrected chi connectivity index (χ3v) is 7.12. The SMILES string of the molecule is C=CC(=O)N1C[C@@H]2C[C@H]1[C@@H](n1nc(-c3ccc(C(=O)Nc4cc(F)ccn4)cc3)c3c(N)ncnc31)C2. The predicted octanol–water partition coefficient (Wildman–Crippen LogP) is 3.21. The Hall–Kier alpha value is -4.67. The summed E-state index contributed by atoms with van der Waals surface area (Å²) in [5.41, 5.74) is 8.57. The normalized spacial score (nSPS) is 20.4. The van der Waals surface area contributed by atoms with Crippen LogP contribution in [0.4, 0.5) is 16.0 Å². The van der Waals surface area contributed by atoms with Gasteiger partial charge >= 0.3 is 0 Å². The minimum atomic E-state index is -0.490. The molecule has 11 heteroatoms. The summed E-state index contributed by atoms with van der Waals surface area (Å²) in [5, 5.41) is 8.11. The summed E-state index contributed by atoms with van der Waals surface area (Å²) in [7, 11) is 0. The fraction of sp³-hybridized carbons (Fsp3) is 0.231. The van der Waals surface area contributed by atoms with Crippen molar-refractivity contribution in [3.8, 4) is 11.3 Å². The maximum Gasteiger partial charge on any atom is 0.256 e. The van der Waals surface area contributed by atoms with E-state index in [2.05, 4.69) is 26.8 Å². The van der Waals surface area contributed by atoms with Gasteiger partial charge in [-0.15, -0.1) is 0 Å². The molecule has 1 aliphatic heterocycles. The van der Waals surface area contributed by atoms with Crippen molar-refractivity contribution in [3.05, 3.63) is 73.0 Å². The van der Waals surface area contributed by atoms with Gasteiger partial charge in [0.15, 0.2) is 5.65 Å². The van der Waals surface area contributed by atoms with Gasteiger partial charge in [-0.3, -0.25) is 9.59 Å². The van der Waals surface area contributed by atoms with Gasteiger partial charge in [0.1, 0.15) is 29.5 Å². The number of amides is 2. The number of likely N-dealkylation sites (tertiary alicyclic amines) is 1. The van der Waals surface area contributed by atoms with Crippen LogP contribution in [0.3, 0.4) is 0 Å². The average molecular weight is 499 g/mol. The zero-order valence-corrected chi connectivity index (χ0v) is 19.7. The molecule has 10 nitrogen and oxygen atoms in total. The second kappa shape index (κ2) is 8.77. The van der Waals surface area contributed by atoms with Gasteiger partial charge < -0.3 is 16.0 Å². The lowest BCUT2D eigenvalue weighted by Gasteiger charge is -2.32. The van der Waals surface area contributed by atoms with E-state index in [-0.39, 0.29) is 23.8 Å². The van der Waals surface area contributed by atoms with E-state index in [9.17, 15) is 14.0 Å². The minimum absolute atomic E-state index is 0.00476. The van der Waals surface area contributed by atoms with Crippen molar-refractivity contribution in [1.82, 2.24) is 29.6 Å². The Morgan fingerprint density at radius 1 is 1.11 bits per heavy atom. The molecule has 0 spiro atoms. The fourth-order valence-corrected chi connectivity index (χ4v) is 5.49. The predicted molar refractivity (Wildman–Crippen MR) is 135 cm³/mol. The molecule has 3 atom stereocenters. The summed E-state index contributed by atoms with van der Waals surface area (Å²) >= 11 is 0. The molecule has 4 aromatic rings. The second-order valence-electron chi connectivity index (χ2n) is 9.31. The Morgan fingerprint density at radius 3 is 2.62 bits per heavy atom. The Labute approximate surface area is 211 Å². The van der Waals surface area contributed by atoms with Gasteiger partial charge in [0.2, 0.25) is 5.91 Å². The molecule has 4 heterocycles. The lowest BCUT2D eigenvalue weighted by atomic mass is 10.1. The Morgan fingerprint density at radius 2 is 1.89 bits per heavy atom. The smallest absolute Gasteiger partial charge is 0.256 e. The average Bonchev–Trinajstić information content (AvgIpc) is 3.62. The zero-order chi connectivity index (χ0) is 25.7. The van der Waals surface area contributed by atoms with Gasteiger partial charge in [0.05, 0.1) is 17.5 Å². The number of aromatic nitrogens is 5. The number of fused-ring (bicyclic) bond motifs is 3. The van der Waals surface area contributed by atoms with Gasteiger partial charge in [0.25, 0.3) is 5.91 Å². The molecule has 2 fully saturated rings. The van der Waals surface area contributed by atoms with Crippen molar-refractivity contribution in [1.29, 1.82) is 0 Å². The molecule has 3 N–H and O–H groups in total. The van der Waals surface area contributed by atoms with Crippen LogP contribution in [-0.2, 0) is 4.79 Å². The van der Waals surface area contributed by atoms with Gasteiger partial charge in [-0.2, -0.15) is 5.10 Å². The number of nitrogens with two attached hydrogens (primary N) is 1. The van der Waals surface area contributed by atoms with Crippen LogP contribution in [0.15, 0.2) is 61.6 Å². The van der Waals surface area contributed by atoms with Crippen LogP contribution >= 0.6 is 0 Å². The zero-order valence-electron chi connectivity index (χ0n) is 19.7. The van der Waals surface area contributed by atoms with E-state index in [4.69, 9.17) is 10.8 Å². The first-order valence-electron chi connectivity index (χ1n) is 11.9. The third kappa shape index (κ3) is 3.88. The van der Waals surface area contributed by atoms with E-state index >= 15 is 0 Å². The molecule has 2 amide bonds. The molecular formula is C26H23FN8O2. The summed E-state index contributed by atoms with van der Waals surface area (Å²) in [5.74, 6) is -0.172. The molecule has 6 rings (SSSR count). The highest BCUT2D eigenvalue weighted by Gasteiger charge is 2.48. The number of anilines is 2. The first-order valence-corrected chi connectivity index (χ1v) is 11.9. The van der Waals surface area contributed by atoms with Crippen molar-refractivity contribution < 1.29 is 14.0 Å². The Kier molecular flexibility index (Phi) is 5.40. The van der Waals surface area contributed by atoms with Crippen molar-refractivity contribution in [2.24, 2.45) is 5.92 Å².